The Labute approximate surface area is 229 Å². The number of thiophene rings is 2. The largest absolute Gasteiger partial charge is 0.359 e. The van der Waals surface area contributed by atoms with Gasteiger partial charge in [0, 0.05) is 36.4 Å². The lowest BCUT2D eigenvalue weighted by molar-refractivity contribution is 0.635. The molecule has 0 aromatic carbocycles. The molecule has 37 heavy (non-hydrogen) atoms. The molecule has 0 amide bonds. The van der Waals surface area contributed by atoms with Crippen LogP contribution < -0.4 is 9.80 Å². The molecule has 8 heteroatoms. The molecule has 0 fully saturated rings. The summed E-state index contributed by atoms with van der Waals surface area (Å²) in [4.78, 5) is 28.0. The highest BCUT2D eigenvalue weighted by Gasteiger charge is 2.23. The number of rotatable bonds is 5. The first-order valence-electron chi connectivity index (χ1n) is 13.8. The molecule has 2 aliphatic carbocycles. The standard InChI is InChI=1S/C15H21N3S.C14H19N3S/c1-10(2)8-18(3)14-13-11-6-4-5-7-12(11)19-15(13)17-9-16-14;1-9(2)17(3)13-12-10-6-4-5-7-11(10)18-14(12)16-8-15-13/h9-10H,4-8H2,1-3H3;8-9H,4-7H2,1-3H3. The minimum absolute atomic E-state index is 0.460. The summed E-state index contributed by atoms with van der Waals surface area (Å²) in [7, 11) is 4.27. The smallest absolute Gasteiger partial charge is 0.141 e. The van der Waals surface area contributed by atoms with Gasteiger partial charge in [-0.15, -0.1) is 22.7 Å². The number of nitrogens with zero attached hydrogens (tertiary/aromatic N) is 6. The van der Waals surface area contributed by atoms with Gasteiger partial charge in [-0.25, -0.2) is 19.9 Å². The summed E-state index contributed by atoms with van der Waals surface area (Å²) in [5, 5.41) is 2.64. The van der Waals surface area contributed by atoms with Gasteiger partial charge in [0.25, 0.3) is 0 Å². The van der Waals surface area contributed by atoms with E-state index in [1.54, 1.807) is 17.5 Å². The molecule has 0 saturated heterocycles. The van der Waals surface area contributed by atoms with Crippen LogP contribution in [-0.2, 0) is 25.7 Å². The summed E-state index contributed by atoms with van der Waals surface area (Å²) >= 11 is 3.74. The molecule has 0 saturated carbocycles. The normalized spacial score (nSPS) is 15.0. The van der Waals surface area contributed by atoms with E-state index in [9.17, 15) is 0 Å². The molecule has 0 spiro atoms. The average Bonchev–Trinajstić information content (AvgIpc) is 3.46. The zero-order chi connectivity index (χ0) is 26.1. The minimum atomic E-state index is 0.460. The zero-order valence-corrected chi connectivity index (χ0v) is 24.8. The van der Waals surface area contributed by atoms with E-state index in [0.29, 0.717) is 12.0 Å². The minimum Gasteiger partial charge on any atom is -0.359 e. The van der Waals surface area contributed by atoms with Gasteiger partial charge < -0.3 is 9.80 Å². The second kappa shape index (κ2) is 11.2. The van der Waals surface area contributed by atoms with E-state index >= 15 is 0 Å². The Bertz CT molecular complexity index is 1370. The lowest BCUT2D eigenvalue weighted by atomic mass is 9.97. The predicted octanol–water partition coefficient (Wildman–Crippen LogP) is 7.08. The van der Waals surface area contributed by atoms with Crippen molar-refractivity contribution >= 4 is 54.7 Å². The Hall–Kier alpha value is -2.32. The quantitative estimate of drug-likeness (QED) is 0.272. The summed E-state index contributed by atoms with van der Waals surface area (Å²) in [6.07, 6.45) is 13.5. The van der Waals surface area contributed by atoms with E-state index in [1.807, 2.05) is 22.7 Å². The molecule has 0 radical (unpaired) electrons. The molecular formula is C29H40N6S2. The van der Waals surface area contributed by atoms with Crippen molar-refractivity contribution in [2.75, 3.05) is 30.4 Å². The third-order valence-electron chi connectivity index (χ3n) is 7.57. The van der Waals surface area contributed by atoms with Crippen molar-refractivity contribution in [2.24, 2.45) is 5.92 Å². The third-order valence-corrected chi connectivity index (χ3v) is 9.97. The summed E-state index contributed by atoms with van der Waals surface area (Å²) in [6, 6.07) is 0.460. The van der Waals surface area contributed by atoms with Gasteiger partial charge in [0.2, 0.25) is 0 Å². The van der Waals surface area contributed by atoms with E-state index in [2.05, 4.69) is 71.5 Å². The van der Waals surface area contributed by atoms with Crippen LogP contribution in [0.15, 0.2) is 12.7 Å². The Balaban J connectivity index is 0.000000152. The number of fused-ring (bicyclic) bond motifs is 6. The van der Waals surface area contributed by atoms with Crippen molar-refractivity contribution < 1.29 is 0 Å². The molecule has 0 bridgehead atoms. The molecule has 0 atom stereocenters. The molecule has 4 heterocycles. The highest BCUT2D eigenvalue weighted by molar-refractivity contribution is 7.19. The van der Waals surface area contributed by atoms with Crippen molar-refractivity contribution in [3.63, 3.8) is 0 Å². The Morgan fingerprint density at radius 2 is 1.19 bits per heavy atom. The molecule has 6 rings (SSSR count). The molecule has 0 N–H and O–H groups in total. The Morgan fingerprint density at radius 3 is 1.70 bits per heavy atom. The van der Waals surface area contributed by atoms with Crippen LogP contribution in [0.3, 0.4) is 0 Å². The molecule has 198 valence electrons. The summed E-state index contributed by atoms with van der Waals surface area (Å²) in [5.74, 6) is 2.87. The maximum Gasteiger partial charge on any atom is 0.141 e. The summed E-state index contributed by atoms with van der Waals surface area (Å²) in [5.41, 5.74) is 3.04. The van der Waals surface area contributed by atoms with E-state index in [0.717, 1.165) is 18.2 Å². The second-order valence-corrected chi connectivity index (χ2v) is 13.3. The van der Waals surface area contributed by atoms with E-state index in [-0.39, 0.29) is 0 Å². The molecule has 0 unspecified atom stereocenters. The highest BCUT2D eigenvalue weighted by atomic mass is 32.1. The van der Waals surface area contributed by atoms with Gasteiger partial charge in [-0.2, -0.15) is 0 Å². The first-order chi connectivity index (χ1) is 17.8. The lowest BCUT2D eigenvalue weighted by Gasteiger charge is -2.23. The predicted molar refractivity (Wildman–Crippen MR) is 160 cm³/mol. The molecule has 0 aliphatic heterocycles. The molecular weight excluding hydrogens is 496 g/mol. The first kappa shape index (κ1) is 26.3. The van der Waals surface area contributed by atoms with Crippen molar-refractivity contribution in [1.29, 1.82) is 0 Å². The maximum absolute atomic E-state index is 4.56. The van der Waals surface area contributed by atoms with Gasteiger partial charge >= 0.3 is 0 Å². The summed E-state index contributed by atoms with van der Waals surface area (Å²) < 4.78 is 0. The van der Waals surface area contributed by atoms with Crippen molar-refractivity contribution in [2.45, 2.75) is 85.1 Å². The van der Waals surface area contributed by atoms with Crippen LogP contribution in [0.5, 0.6) is 0 Å². The third kappa shape index (κ3) is 5.32. The van der Waals surface area contributed by atoms with E-state index < -0.39 is 0 Å². The molecule has 4 aromatic rings. The van der Waals surface area contributed by atoms with Gasteiger partial charge in [0.05, 0.1) is 10.8 Å². The second-order valence-electron chi connectivity index (χ2n) is 11.2. The van der Waals surface area contributed by atoms with Gasteiger partial charge in [-0.1, -0.05) is 13.8 Å². The maximum atomic E-state index is 4.56. The Morgan fingerprint density at radius 1 is 0.703 bits per heavy atom. The van der Waals surface area contributed by atoms with Gasteiger partial charge in [0.15, 0.2) is 0 Å². The number of aromatic nitrogens is 4. The molecule has 4 aromatic heterocycles. The number of aryl methyl sites for hydroxylation is 4. The van der Waals surface area contributed by atoms with Crippen molar-refractivity contribution in [3.8, 4) is 0 Å². The SMILES string of the molecule is CC(C)CN(C)c1ncnc2sc3c(c12)CCCC3.CC(C)N(C)c1ncnc2sc3c(c12)CCCC3. The highest BCUT2D eigenvalue weighted by Crippen LogP contribution is 2.40. The monoisotopic (exact) mass is 536 g/mol. The lowest BCUT2D eigenvalue weighted by Crippen LogP contribution is -2.26. The van der Waals surface area contributed by atoms with Crippen LogP contribution in [0, 0.1) is 5.92 Å². The van der Waals surface area contributed by atoms with Crippen molar-refractivity contribution in [3.05, 3.63) is 33.5 Å². The van der Waals surface area contributed by atoms with E-state index in [4.69, 9.17) is 0 Å². The van der Waals surface area contributed by atoms with Gasteiger partial charge in [0.1, 0.15) is 34.0 Å². The number of hydrogen-bond acceptors (Lipinski definition) is 8. The van der Waals surface area contributed by atoms with E-state index in [1.165, 1.54) is 87.8 Å². The fraction of sp³-hybridized carbons (Fsp3) is 0.586. The topological polar surface area (TPSA) is 58.0 Å². The molecule has 6 nitrogen and oxygen atoms in total. The average molecular weight is 537 g/mol. The van der Waals surface area contributed by atoms with Crippen LogP contribution in [0.25, 0.3) is 20.4 Å². The van der Waals surface area contributed by atoms with Crippen molar-refractivity contribution in [1.82, 2.24) is 19.9 Å². The summed E-state index contributed by atoms with van der Waals surface area (Å²) in [6.45, 7) is 9.94. The first-order valence-corrected chi connectivity index (χ1v) is 15.4. The fourth-order valence-corrected chi connectivity index (χ4v) is 8.03. The van der Waals surface area contributed by atoms with Gasteiger partial charge in [-0.05, 0) is 82.3 Å². The van der Waals surface area contributed by atoms with Crippen LogP contribution in [0.4, 0.5) is 11.6 Å². The van der Waals surface area contributed by atoms with Gasteiger partial charge in [-0.3, -0.25) is 0 Å². The van der Waals surface area contributed by atoms with Crippen LogP contribution in [0.1, 0.15) is 74.3 Å². The fourth-order valence-electron chi connectivity index (χ4n) is 5.58. The number of hydrogen-bond donors (Lipinski definition) is 0. The van der Waals surface area contributed by atoms with Crippen LogP contribution >= 0.6 is 22.7 Å². The Kier molecular flexibility index (Phi) is 7.96. The number of anilines is 2. The molecule has 2 aliphatic rings. The van der Waals surface area contributed by atoms with Crippen LogP contribution in [-0.4, -0.2) is 46.6 Å². The van der Waals surface area contributed by atoms with Crippen LogP contribution in [0.2, 0.25) is 0 Å². The zero-order valence-electron chi connectivity index (χ0n) is 23.2.